The minimum absolute atomic E-state index is 0.0240. The summed E-state index contributed by atoms with van der Waals surface area (Å²) in [4.78, 5) is 39.3. The van der Waals surface area contributed by atoms with E-state index in [9.17, 15) is 19.5 Å². The number of Topliss-reactive ketones (excluding diaryl/α,β-unsaturated/α-hetero) is 2. The molecule has 1 aliphatic carbocycles. The first-order chi connectivity index (χ1) is 18.2. The Kier molecular flexibility index (Phi) is 6.36. The molecule has 1 atom stereocenters. The SMILES string of the molecule is CC(=O)C1=C(O)C=C2Oc3c(C(=O)OCc4ccccc4)c(OCc4ccccc4)cc(C)c3C2(C)C1=O. The number of allylic oxidation sites excluding steroid dienone is 3. The van der Waals surface area contributed by atoms with Gasteiger partial charge in [-0.25, -0.2) is 4.79 Å². The van der Waals surface area contributed by atoms with Crippen LogP contribution < -0.4 is 9.47 Å². The number of fused-ring (bicyclic) bond motifs is 3. The van der Waals surface area contributed by atoms with Crippen LogP contribution in [-0.2, 0) is 33.0 Å². The molecular formula is C31H26O7. The van der Waals surface area contributed by atoms with Crippen molar-refractivity contribution in [3.05, 3.63) is 118 Å². The van der Waals surface area contributed by atoms with Gasteiger partial charge in [0.05, 0.1) is 0 Å². The number of carbonyl (C=O) groups excluding carboxylic acids is 3. The Hall–Kier alpha value is -4.65. The second-order valence-electron chi connectivity index (χ2n) is 9.49. The number of ether oxygens (including phenoxy) is 3. The Labute approximate surface area is 220 Å². The van der Waals surface area contributed by atoms with Gasteiger partial charge in [0, 0.05) is 11.6 Å². The number of rotatable bonds is 7. The minimum Gasteiger partial charge on any atom is -0.507 e. The largest absolute Gasteiger partial charge is 0.507 e. The van der Waals surface area contributed by atoms with E-state index in [4.69, 9.17) is 14.2 Å². The molecule has 3 aromatic rings. The standard InChI is InChI=1S/C31H26O7/c1-18-14-23(36-16-20-10-6-4-7-11-20)26(30(35)37-17-21-12-8-5-9-13-21)28-27(18)31(3)24(38-28)15-22(33)25(19(2)32)29(31)34/h4-15,33H,16-17H2,1-3H3. The van der Waals surface area contributed by atoms with Crippen molar-refractivity contribution in [2.75, 3.05) is 0 Å². The summed E-state index contributed by atoms with van der Waals surface area (Å²) in [6.07, 6.45) is 1.27. The zero-order chi connectivity index (χ0) is 27.0. The summed E-state index contributed by atoms with van der Waals surface area (Å²) in [6.45, 7) is 4.84. The zero-order valence-corrected chi connectivity index (χ0v) is 21.2. The molecule has 1 unspecified atom stereocenters. The number of aliphatic hydroxyl groups is 1. The van der Waals surface area contributed by atoms with Gasteiger partial charge in [0.1, 0.15) is 52.8 Å². The topological polar surface area (TPSA) is 99.1 Å². The van der Waals surface area contributed by atoms with E-state index < -0.39 is 28.7 Å². The molecule has 2 aliphatic rings. The van der Waals surface area contributed by atoms with Gasteiger partial charge in [-0.05, 0) is 43.5 Å². The van der Waals surface area contributed by atoms with Crippen molar-refractivity contribution in [3.8, 4) is 11.5 Å². The molecular weight excluding hydrogens is 484 g/mol. The first-order valence-electron chi connectivity index (χ1n) is 12.2. The van der Waals surface area contributed by atoms with Gasteiger partial charge in [0.2, 0.25) is 0 Å². The molecule has 0 saturated heterocycles. The average Bonchev–Trinajstić information content (AvgIpc) is 3.20. The number of ketones is 2. The van der Waals surface area contributed by atoms with Crippen molar-refractivity contribution in [1.82, 2.24) is 0 Å². The van der Waals surface area contributed by atoms with Crippen LogP contribution in [0.4, 0.5) is 0 Å². The van der Waals surface area contributed by atoms with Crippen LogP contribution in [0.3, 0.4) is 0 Å². The molecule has 7 heteroatoms. The summed E-state index contributed by atoms with van der Waals surface area (Å²) in [5.41, 5.74) is 1.09. The maximum absolute atomic E-state index is 13.6. The van der Waals surface area contributed by atoms with Crippen LogP contribution in [0.15, 0.2) is 89.9 Å². The highest BCUT2D eigenvalue weighted by Crippen LogP contribution is 2.54. The first-order valence-corrected chi connectivity index (χ1v) is 12.2. The van der Waals surface area contributed by atoms with Crippen LogP contribution in [0.1, 0.15) is 46.5 Å². The van der Waals surface area contributed by atoms with E-state index in [0.717, 1.165) is 11.1 Å². The lowest BCUT2D eigenvalue weighted by Crippen LogP contribution is -2.39. The molecule has 5 rings (SSSR count). The van der Waals surface area contributed by atoms with Gasteiger partial charge in [0.15, 0.2) is 11.6 Å². The molecule has 1 N–H and O–H groups in total. The molecule has 1 aliphatic heterocycles. The Morgan fingerprint density at radius 1 is 0.974 bits per heavy atom. The van der Waals surface area contributed by atoms with Gasteiger partial charge < -0.3 is 19.3 Å². The van der Waals surface area contributed by atoms with Crippen molar-refractivity contribution in [2.45, 2.75) is 39.4 Å². The lowest BCUT2D eigenvalue weighted by Gasteiger charge is -2.28. The molecule has 0 fully saturated rings. The van der Waals surface area contributed by atoms with Crippen LogP contribution in [-0.4, -0.2) is 22.6 Å². The van der Waals surface area contributed by atoms with E-state index in [-0.39, 0.29) is 41.6 Å². The second kappa shape index (κ2) is 9.67. The molecule has 0 spiro atoms. The fourth-order valence-corrected chi connectivity index (χ4v) is 4.96. The zero-order valence-electron chi connectivity index (χ0n) is 21.2. The summed E-state index contributed by atoms with van der Waals surface area (Å²) < 4.78 is 17.9. The Morgan fingerprint density at radius 2 is 1.58 bits per heavy atom. The highest BCUT2D eigenvalue weighted by atomic mass is 16.5. The van der Waals surface area contributed by atoms with E-state index in [2.05, 4.69) is 0 Å². The third-order valence-electron chi connectivity index (χ3n) is 6.86. The summed E-state index contributed by atoms with van der Waals surface area (Å²) in [7, 11) is 0. The van der Waals surface area contributed by atoms with Gasteiger partial charge in [-0.2, -0.15) is 0 Å². The lowest BCUT2D eigenvalue weighted by atomic mass is 9.70. The summed E-state index contributed by atoms with van der Waals surface area (Å²) in [6, 6.07) is 20.4. The molecule has 0 amide bonds. The predicted molar refractivity (Wildman–Crippen MR) is 139 cm³/mol. The third kappa shape index (κ3) is 4.16. The van der Waals surface area contributed by atoms with E-state index in [1.807, 2.05) is 60.7 Å². The van der Waals surface area contributed by atoms with Crippen molar-refractivity contribution < 1.29 is 33.7 Å². The van der Waals surface area contributed by atoms with Gasteiger partial charge >= 0.3 is 5.97 Å². The molecule has 1 heterocycles. The normalized spacial score (nSPS) is 17.8. The summed E-state index contributed by atoms with van der Waals surface area (Å²) in [5.74, 6) is -1.82. The van der Waals surface area contributed by atoms with Gasteiger partial charge in [-0.3, -0.25) is 9.59 Å². The van der Waals surface area contributed by atoms with Crippen LogP contribution in [0.25, 0.3) is 0 Å². The number of hydrogen-bond acceptors (Lipinski definition) is 7. The van der Waals surface area contributed by atoms with E-state index in [1.54, 1.807) is 19.9 Å². The monoisotopic (exact) mass is 510 g/mol. The summed E-state index contributed by atoms with van der Waals surface area (Å²) in [5, 5.41) is 10.4. The number of benzene rings is 3. The predicted octanol–water partition coefficient (Wildman–Crippen LogP) is 5.45. The lowest BCUT2D eigenvalue weighted by molar-refractivity contribution is -0.123. The third-order valence-corrected chi connectivity index (χ3v) is 6.86. The molecule has 3 aromatic carbocycles. The van der Waals surface area contributed by atoms with Crippen LogP contribution in [0.2, 0.25) is 0 Å². The summed E-state index contributed by atoms with van der Waals surface area (Å²) >= 11 is 0. The van der Waals surface area contributed by atoms with Crippen molar-refractivity contribution in [2.24, 2.45) is 0 Å². The van der Waals surface area contributed by atoms with Crippen LogP contribution >= 0.6 is 0 Å². The minimum atomic E-state index is -1.40. The number of hydrogen-bond donors (Lipinski definition) is 1. The molecule has 0 radical (unpaired) electrons. The Bertz CT molecular complexity index is 1520. The Balaban J connectivity index is 1.60. The second-order valence-corrected chi connectivity index (χ2v) is 9.49. The molecule has 38 heavy (non-hydrogen) atoms. The highest BCUT2D eigenvalue weighted by Gasteiger charge is 2.54. The Morgan fingerprint density at radius 3 is 2.18 bits per heavy atom. The smallest absolute Gasteiger partial charge is 0.346 e. The fourth-order valence-electron chi connectivity index (χ4n) is 4.96. The number of aryl methyl sites for hydroxylation is 1. The molecule has 0 aromatic heterocycles. The van der Waals surface area contributed by atoms with Crippen LogP contribution in [0.5, 0.6) is 11.5 Å². The fraction of sp³-hybridized carbons (Fsp3) is 0.194. The van der Waals surface area contributed by atoms with Crippen molar-refractivity contribution >= 4 is 17.5 Å². The molecule has 0 bridgehead atoms. The quantitative estimate of drug-likeness (QED) is 0.333. The highest BCUT2D eigenvalue weighted by molar-refractivity contribution is 6.25. The van der Waals surface area contributed by atoms with Crippen LogP contribution in [0, 0.1) is 6.92 Å². The van der Waals surface area contributed by atoms with E-state index >= 15 is 0 Å². The molecule has 192 valence electrons. The van der Waals surface area contributed by atoms with Gasteiger partial charge in [-0.15, -0.1) is 0 Å². The van der Waals surface area contributed by atoms with Crippen molar-refractivity contribution in [1.29, 1.82) is 0 Å². The number of esters is 1. The number of carbonyl (C=O) groups is 3. The molecule has 0 saturated carbocycles. The van der Waals surface area contributed by atoms with E-state index in [1.165, 1.54) is 13.0 Å². The van der Waals surface area contributed by atoms with Gasteiger partial charge in [0.25, 0.3) is 0 Å². The van der Waals surface area contributed by atoms with Gasteiger partial charge in [-0.1, -0.05) is 60.7 Å². The van der Waals surface area contributed by atoms with Crippen molar-refractivity contribution in [3.63, 3.8) is 0 Å². The number of aliphatic hydroxyl groups excluding tert-OH is 1. The van der Waals surface area contributed by atoms with E-state index in [0.29, 0.717) is 11.1 Å². The first kappa shape index (κ1) is 25.0. The maximum atomic E-state index is 13.6. The average molecular weight is 511 g/mol. The maximum Gasteiger partial charge on any atom is 0.346 e. The molecule has 7 nitrogen and oxygen atoms in total.